The summed E-state index contributed by atoms with van der Waals surface area (Å²) in [5.41, 5.74) is 5.22. The first-order chi connectivity index (χ1) is 3.84. The molecule has 0 aromatic carbocycles. The summed E-state index contributed by atoms with van der Waals surface area (Å²) in [5, 5.41) is 0. The molecule has 54 valence electrons. The molecule has 1 rings (SSSR count). The average Bonchev–Trinajstić information content (AvgIpc) is 2.14. The predicted molar refractivity (Wildman–Crippen MR) is 35.4 cm³/mol. The first-order valence-electron chi connectivity index (χ1n) is 2.71. The van der Waals surface area contributed by atoms with Gasteiger partial charge in [-0.3, -0.25) is 4.79 Å². The Morgan fingerprint density at radius 2 is 2.44 bits per heavy atom. The van der Waals surface area contributed by atoms with Crippen LogP contribution in [0.4, 0.5) is 0 Å². The maximum absolute atomic E-state index is 10.5. The van der Waals surface area contributed by atoms with Crippen LogP contribution >= 0.6 is 12.4 Å². The Balaban J connectivity index is 0.000000640. The Labute approximate surface area is 60.0 Å². The number of hydrogen-bond acceptors (Lipinski definition) is 3. The standard InChI is InChI=1S/C5H9NO2.ClH/c6-3-4-1-2-8-5(4)7;/h4H,1-3,6H2;1H. The van der Waals surface area contributed by atoms with Gasteiger partial charge in [-0.25, -0.2) is 0 Å². The van der Waals surface area contributed by atoms with E-state index in [0.29, 0.717) is 13.2 Å². The minimum atomic E-state index is -0.132. The molecule has 9 heavy (non-hydrogen) atoms. The Hall–Kier alpha value is -0.280. The molecule has 0 bridgehead atoms. The van der Waals surface area contributed by atoms with Crippen molar-refractivity contribution in [1.29, 1.82) is 0 Å². The van der Waals surface area contributed by atoms with Gasteiger partial charge in [0.25, 0.3) is 0 Å². The average molecular weight is 152 g/mol. The first kappa shape index (κ1) is 8.72. The largest absolute Gasteiger partial charge is 0.465 e. The van der Waals surface area contributed by atoms with E-state index in [1.807, 2.05) is 0 Å². The van der Waals surface area contributed by atoms with Crippen molar-refractivity contribution >= 4 is 18.4 Å². The van der Waals surface area contributed by atoms with E-state index in [1.54, 1.807) is 0 Å². The molecule has 4 heteroatoms. The van der Waals surface area contributed by atoms with Crippen molar-refractivity contribution in [2.75, 3.05) is 13.2 Å². The van der Waals surface area contributed by atoms with Gasteiger partial charge in [0.15, 0.2) is 0 Å². The number of nitrogens with two attached hydrogens (primary N) is 1. The fourth-order valence-corrected chi connectivity index (χ4v) is 0.752. The highest BCUT2D eigenvalue weighted by Crippen LogP contribution is 2.11. The van der Waals surface area contributed by atoms with Gasteiger partial charge >= 0.3 is 5.97 Å². The highest BCUT2D eigenvalue weighted by atomic mass is 35.5. The summed E-state index contributed by atoms with van der Waals surface area (Å²) in [5.74, 6) is -0.150. The Kier molecular flexibility index (Phi) is 3.58. The van der Waals surface area contributed by atoms with Gasteiger partial charge in [0.1, 0.15) is 0 Å². The normalized spacial score (nSPS) is 25.0. The molecule has 0 aromatic heterocycles. The maximum Gasteiger partial charge on any atom is 0.310 e. The summed E-state index contributed by atoms with van der Waals surface area (Å²) in [6.45, 7) is 0.986. The molecule has 2 N–H and O–H groups in total. The zero-order valence-electron chi connectivity index (χ0n) is 5.00. The van der Waals surface area contributed by atoms with Crippen molar-refractivity contribution in [2.24, 2.45) is 11.7 Å². The number of rotatable bonds is 1. The lowest BCUT2D eigenvalue weighted by Crippen LogP contribution is -2.18. The zero-order chi connectivity index (χ0) is 5.98. The molecule has 1 atom stereocenters. The van der Waals surface area contributed by atoms with Gasteiger partial charge in [-0.15, -0.1) is 12.4 Å². The highest BCUT2D eigenvalue weighted by molar-refractivity contribution is 5.85. The van der Waals surface area contributed by atoms with Crippen LogP contribution in [-0.2, 0) is 9.53 Å². The molecule has 0 amide bonds. The van der Waals surface area contributed by atoms with Gasteiger partial charge in [-0.1, -0.05) is 0 Å². The van der Waals surface area contributed by atoms with Gasteiger partial charge < -0.3 is 10.5 Å². The van der Waals surface area contributed by atoms with E-state index < -0.39 is 0 Å². The van der Waals surface area contributed by atoms with Gasteiger partial charge in [-0.2, -0.15) is 0 Å². The molecule has 0 spiro atoms. The number of carbonyl (C=O) groups is 1. The van der Waals surface area contributed by atoms with Crippen LogP contribution in [-0.4, -0.2) is 19.1 Å². The summed E-state index contributed by atoms with van der Waals surface area (Å²) < 4.78 is 4.64. The monoisotopic (exact) mass is 151 g/mol. The van der Waals surface area contributed by atoms with E-state index in [1.165, 1.54) is 0 Å². The number of hydrogen-bond donors (Lipinski definition) is 1. The fourth-order valence-electron chi connectivity index (χ4n) is 0.752. The van der Waals surface area contributed by atoms with Crippen molar-refractivity contribution < 1.29 is 9.53 Å². The van der Waals surface area contributed by atoms with Gasteiger partial charge in [0.05, 0.1) is 12.5 Å². The van der Waals surface area contributed by atoms with Crippen LogP contribution in [0.5, 0.6) is 0 Å². The number of esters is 1. The van der Waals surface area contributed by atoms with Gasteiger partial charge in [0, 0.05) is 6.54 Å². The number of carbonyl (C=O) groups excluding carboxylic acids is 1. The molecule has 0 radical (unpaired) electrons. The SMILES string of the molecule is Cl.NCC1CCOC1=O. The van der Waals surface area contributed by atoms with E-state index in [-0.39, 0.29) is 24.3 Å². The molecule has 1 aliphatic heterocycles. The highest BCUT2D eigenvalue weighted by Gasteiger charge is 2.24. The fraction of sp³-hybridized carbons (Fsp3) is 0.800. The molecule has 1 unspecified atom stereocenters. The lowest BCUT2D eigenvalue weighted by molar-refractivity contribution is -0.140. The van der Waals surface area contributed by atoms with Gasteiger partial charge in [0.2, 0.25) is 0 Å². The maximum atomic E-state index is 10.5. The van der Waals surface area contributed by atoms with E-state index >= 15 is 0 Å². The van der Waals surface area contributed by atoms with Crippen molar-refractivity contribution in [2.45, 2.75) is 6.42 Å². The van der Waals surface area contributed by atoms with Crippen LogP contribution in [0.1, 0.15) is 6.42 Å². The van der Waals surface area contributed by atoms with Crippen LogP contribution in [0.2, 0.25) is 0 Å². The third kappa shape index (κ3) is 1.84. The lowest BCUT2D eigenvalue weighted by Gasteiger charge is -1.95. The first-order valence-corrected chi connectivity index (χ1v) is 2.71. The number of halogens is 1. The van der Waals surface area contributed by atoms with E-state index in [2.05, 4.69) is 4.74 Å². The summed E-state index contributed by atoms with van der Waals surface area (Å²) >= 11 is 0. The molecule has 1 saturated heterocycles. The predicted octanol–water partition coefficient (Wildman–Crippen LogP) is -0.0700. The third-order valence-electron chi connectivity index (χ3n) is 1.33. The minimum Gasteiger partial charge on any atom is -0.465 e. The Morgan fingerprint density at radius 1 is 1.78 bits per heavy atom. The quantitative estimate of drug-likeness (QED) is 0.534. The van der Waals surface area contributed by atoms with Crippen LogP contribution < -0.4 is 5.73 Å². The van der Waals surface area contributed by atoms with Crippen LogP contribution in [0.15, 0.2) is 0 Å². The van der Waals surface area contributed by atoms with E-state index in [9.17, 15) is 4.79 Å². The molecule has 1 aliphatic rings. The Bertz CT molecular complexity index is 107. The van der Waals surface area contributed by atoms with E-state index in [0.717, 1.165) is 6.42 Å². The van der Waals surface area contributed by atoms with Crippen LogP contribution in [0, 0.1) is 5.92 Å². The Morgan fingerprint density at radius 3 is 2.67 bits per heavy atom. The molecule has 3 nitrogen and oxygen atoms in total. The van der Waals surface area contributed by atoms with Crippen molar-refractivity contribution in [3.8, 4) is 0 Å². The van der Waals surface area contributed by atoms with E-state index in [4.69, 9.17) is 5.73 Å². The summed E-state index contributed by atoms with van der Waals surface area (Å²) in [6.07, 6.45) is 0.801. The lowest BCUT2D eigenvalue weighted by atomic mass is 10.1. The summed E-state index contributed by atoms with van der Waals surface area (Å²) in [7, 11) is 0. The van der Waals surface area contributed by atoms with Crippen molar-refractivity contribution in [3.63, 3.8) is 0 Å². The second kappa shape index (κ2) is 3.69. The smallest absolute Gasteiger partial charge is 0.310 e. The summed E-state index contributed by atoms with van der Waals surface area (Å²) in [6, 6.07) is 0. The molecule has 0 aliphatic carbocycles. The molecular formula is C5H10ClNO2. The van der Waals surface area contributed by atoms with Crippen LogP contribution in [0.3, 0.4) is 0 Å². The summed E-state index contributed by atoms with van der Waals surface area (Å²) in [4.78, 5) is 10.5. The molecule has 0 saturated carbocycles. The van der Waals surface area contributed by atoms with Crippen LogP contribution in [0.25, 0.3) is 0 Å². The second-order valence-corrected chi connectivity index (χ2v) is 1.89. The third-order valence-corrected chi connectivity index (χ3v) is 1.33. The second-order valence-electron chi connectivity index (χ2n) is 1.89. The van der Waals surface area contributed by atoms with Crippen molar-refractivity contribution in [1.82, 2.24) is 0 Å². The number of cyclic esters (lactones) is 1. The number of ether oxygens (including phenoxy) is 1. The molecule has 1 fully saturated rings. The molecule has 0 aromatic rings. The van der Waals surface area contributed by atoms with Crippen molar-refractivity contribution in [3.05, 3.63) is 0 Å². The zero-order valence-corrected chi connectivity index (χ0v) is 5.82. The minimum absolute atomic E-state index is 0. The van der Waals surface area contributed by atoms with Gasteiger partial charge in [-0.05, 0) is 6.42 Å². The molecule has 1 heterocycles. The topological polar surface area (TPSA) is 52.3 Å². The molecular weight excluding hydrogens is 142 g/mol.